The minimum atomic E-state index is -1.82. The van der Waals surface area contributed by atoms with Crippen LogP contribution < -0.4 is 0 Å². The molecule has 0 aromatic carbocycles. The Morgan fingerprint density at radius 1 is 1.25 bits per heavy atom. The zero-order chi connectivity index (χ0) is 15.2. The van der Waals surface area contributed by atoms with Gasteiger partial charge in [-0.1, -0.05) is 27.4 Å². The number of rotatable bonds is 2. The van der Waals surface area contributed by atoms with Crippen LogP contribution in [-0.4, -0.2) is 41.2 Å². The second kappa shape index (κ2) is 5.65. The molecule has 1 N–H and O–H groups in total. The lowest BCUT2D eigenvalue weighted by Crippen LogP contribution is -2.49. The van der Waals surface area contributed by atoms with Crippen LogP contribution in [0, 0.1) is 0 Å². The van der Waals surface area contributed by atoms with Crippen LogP contribution in [0.5, 0.6) is 0 Å². The fraction of sp³-hybridized carbons (Fsp3) is 0.867. The molecule has 1 saturated carbocycles. The fourth-order valence-electron chi connectivity index (χ4n) is 2.52. The average molecular weight is 333 g/mol. The molecule has 0 radical (unpaired) electrons. The van der Waals surface area contributed by atoms with Gasteiger partial charge in [0.15, 0.2) is 8.32 Å². The van der Waals surface area contributed by atoms with Gasteiger partial charge in [0.1, 0.15) is 0 Å². The van der Waals surface area contributed by atoms with E-state index in [0.29, 0.717) is 0 Å². The first-order valence-electron chi connectivity index (χ1n) is 7.39. The number of aliphatic hydroxyl groups is 1. The highest BCUT2D eigenvalue weighted by atomic mass is 32.2. The molecular formula is C15H28O2S2Si. The molecule has 116 valence electrons. The molecule has 1 aliphatic heterocycles. The Labute approximate surface area is 133 Å². The molecule has 2 rings (SSSR count). The van der Waals surface area contributed by atoms with Gasteiger partial charge in [0.05, 0.1) is 16.3 Å². The second-order valence-corrected chi connectivity index (χ2v) is 15.4. The van der Waals surface area contributed by atoms with Crippen molar-refractivity contribution >= 4 is 31.8 Å². The van der Waals surface area contributed by atoms with Crippen molar-refractivity contribution in [2.75, 3.05) is 11.5 Å². The number of aliphatic hydroxyl groups excluding tert-OH is 1. The second-order valence-electron chi connectivity index (χ2n) is 7.47. The maximum Gasteiger partial charge on any atom is 0.192 e. The third kappa shape index (κ3) is 3.32. The molecule has 2 aliphatic rings. The Morgan fingerprint density at radius 2 is 1.80 bits per heavy atom. The molecule has 5 heteroatoms. The molecule has 1 spiro atoms. The van der Waals surface area contributed by atoms with Crippen LogP contribution in [0.25, 0.3) is 0 Å². The fourth-order valence-corrected chi connectivity index (χ4v) is 7.15. The summed E-state index contributed by atoms with van der Waals surface area (Å²) in [5, 5.41) is 10.6. The molecule has 20 heavy (non-hydrogen) atoms. The van der Waals surface area contributed by atoms with Gasteiger partial charge in [0.2, 0.25) is 0 Å². The summed E-state index contributed by atoms with van der Waals surface area (Å²) < 4.78 is 6.73. The molecule has 1 heterocycles. The lowest BCUT2D eigenvalue weighted by atomic mass is 9.90. The van der Waals surface area contributed by atoms with Crippen molar-refractivity contribution in [3.8, 4) is 0 Å². The minimum Gasteiger partial charge on any atom is -0.410 e. The van der Waals surface area contributed by atoms with Gasteiger partial charge in [-0.25, -0.2) is 0 Å². The third-order valence-corrected chi connectivity index (χ3v) is 12.9. The lowest BCUT2D eigenvalue weighted by molar-refractivity contribution is 0.104. The largest absolute Gasteiger partial charge is 0.410 e. The zero-order valence-electron chi connectivity index (χ0n) is 13.4. The normalized spacial score (nSPS) is 31.0. The van der Waals surface area contributed by atoms with Crippen molar-refractivity contribution in [3.63, 3.8) is 0 Å². The highest BCUT2D eigenvalue weighted by Crippen LogP contribution is 2.55. The molecule has 2 atom stereocenters. The quantitative estimate of drug-likeness (QED) is 0.604. The number of hydrogen-bond acceptors (Lipinski definition) is 4. The first-order valence-corrected chi connectivity index (χ1v) is 12.3. The monoisotopic (exact) mass is 332 g/mol. The summed E-state index contributed by atoms with van der Waals surface area (Å²) in [5.74, 6) is 2.38. The summed E-state index contributed by atoms with van der Waals surface area (Å²) in [6, 6.07) is 0. The maximum atomic E-state index is 10.4. The molecule has 0 unspecified atom stereocenters. The van der Waals surface area contributed by atoms with Crippen molar-refractivity contribution in [1.29, 1.82) is 0 Å². The number of hydrogen-bond donors (Lipinski definition) is 1. The van der Waals surface area contributed by atoms with E-state index < -0.39 is 14.4 Å². The predicted octanol–water partition coefficient (Wildman–Crippen LogP) is 4.26. The first-order chi connectivity index (χ1) is 9.06. The van der Waals surface area contributed by atoms with Gasteiger partial charge in [-0.15, -0.1) is 23.5 Å². The van der Waals surface area contributed by atoms with Crippen LogP contribution >= 0.6 is 23.5 Å². The van der Waals surface area contributed by atoms with E-state index in [1.165, 1.54) is 11.5 Å². The summed E-state index contributed by atoms with van der Waals surface area (Å²) >= 11 is 4.01. The van der Waals surface area contributed by atoms with Crippen LogP contribution in [0.1, 0.15) is 33.6 Å². The van der Waals surface area contributed by atoms with Gasteiger partial charge in [0, 0.05) is 24.3 Å². The van der Waals surface area contributed by atoms with E-state index in [-0.39, 0.29) is 15.2 Å². The van der Waals surface area contributed by atoms with Crippen molar-refractivity contribution < 1.29 is 9.53 Å². The topological polar surface area (TPSA) is 29.5 Å². The van der Waals surface area contributed by atoms with Gasteiger partial charge in [-0.2, -0.15) is 0 Å². The molecule has 0 aromatic heterocycles. The minimum absolute atomic E-state index is 0.0257. The van der Waals surface area contributed by atoms with Gasteiger partial charge in [0.25, 0.3) is 0 Å². The molecule has 1 saturated heterocycles. The van der Waals surface area contributed by atoms with Crippen LogP contribution in [-0.2, 0) is 4.43 Å². The summed E-state index contributed by atoms with van der Waals surface area (Å²) in [4.78, 5) is 0. The van der Waals surface area contributed by atoms with E-state index in [2.05, 4.69) is 40.4 Å². The SMILES string of the molecule is C=C1[C@H](O)CC2(C[C@H]1O[Si](C)(C)C(C)(C)C)SCCS2. The molecule has 0 amide bonds. The van der Waals surface area contributed by atoms with E-state index >= 15 is 0 Å². The predicted molar refractivity (Wildman–Crippen MR) is 94.1 cm³/mol. The summed E-state index contributed by atoms with van der Waals surface area (Å²) in [6.45, 7) is 15.5. The maximum absolute atomic E-state index is 10.4. The van der Waals surface area contributed by atoms with E-state index in [1.807, 2.05) is 23.5 Å². The Bertz CT molecular complexity index is 384. The van der Waals surface area contributed by atoms with Crippen molar-refractivity contribution in [2.45, 2.75) is 68.0 Å². The zero-order valence-corrected chi connectivity index (χ0v) is 16.0. The summed E-state index contributed by atoms with van der Waals surface area (Å²) in [6.07, 6.45) is 1.46. The van der Waals surface area contributed by atoms with Crippen molar-refractivity contribution in [1.82, 2.24) is 0 Å². The molecule has 2 nitrogen and oxygen atoms in total. The molecule has 0 bridgehead atoms. The molecule has 1 aliphatic carbocycles. The smallest absolute Gasteiger partial charge is 0.192 e. The summed E-state index contributed by atoms with van der Waals surface area (Å²) in [7, 11) is -1.82. The van der Waals surface area contributed by atoms with E-state index in [1.54, 1.807) is 0 Å². The summed E-state index contributed by atoms with van der Waals surface area (Å²) in [5.41, 5.74) is 0.897. The third-order valence-electron chi connectivity index (χ3n) is 4.90. The molecule has 2 fully saturated rings. The highest BCUT2D eigenvalue weighted by Gasteiger charge is 2.48. The molecule has 0 aromatic rings. The van der Waals surface area contributed by atoms with Crippen molar-refractivity contribution in [3.05, 3.63) is 12.2 Å². The Balaban J connectivity index is 2.15. The van der Waals surface area contributed by atoms with Crippen molar-refractivity contribution in [2.24, 2.45) is 0 Å². The number of thioether (sulfide) groups is 2. The highest BCUT2D eigenvalue weighted by molar-refractivity contribution is 8.21. The van der Waals surface area contributed by atoms with Gasteiger partial charge in [-0.3, -0.25) is 0 Å². The van der Waals surface area contributed by atoms with Crippen LogP contribution in [0.4, 0.5) is 0 Å². The van der Waals surface area contributed by atoms with E-state index in [9.17, 15) is 5.11 Å². The average Bonchev–Trinajstić information content (AvgIpc) is 2.72. The Kier molecular flexibility index (Phi) is 4.79. The Morgan fingerprint density at radius 3 is 2.30 bits per heavy atom. The van der Waals surface area contributed by atoms with E-state index in [4.69, 9.17) is 4.43 Å². The van der Waals surface area contributed by atoms with Crippen LogP contribution in [0.3, 0.4) is 0 Å². The van der Waals surface area contributed by atoms with E-state index in [0.717, 1.165) is 18.4 Å². The standard InChI is InChI=1S/C15H28O2S2Si/c1-11-12(16)9-15(18-7-8-19-15)10-13(11)17-20(5,6)14(2,3)4/h12-13,16H,1,7-10H2,2-6H3/t12-,13-/m1/s1. The van der Waals surface area contributed by atoms with Gasteiger partial charge in [-0.05, 0) is 23.7 Å². The van der Waals surface area contributed by atoms with Crippen LogP contribution in [0.15, 0.2) is 12.2 Å². The van der Waals surface area contributed by atoms with Gasteiger partial charge >= 0.3 is 0 Å². The first kappa shape index (κ1) is 16.9. The Hall–Kier alpha value is 0.577. The lowest BCUT2D eigenvalue weighted by Gasteiger charge is -2.46. The van der Waals surface area contributed by atoms with Crippen LogP contribution in [0.2, 0.25) is 18.1 Å². The molecular weight excluding hydrogens is 304 g/mol. The van der Waals surface area contributed by atoms with Gasteiger partial charge < -0.3 is 9.53 Å².